The van der Waals surface area contributed by atoms with E-state index in [9.17, 15) is 0 Å². The maximum Gasteiger partial charge on any atom is 0.0858 e. The Morgan fingerprint density at radius 1 is 1.14 bits per heavy atom. The van der Waals surface area contributed by atoms with Crippen molar-refractivity contribution in [2.45, 2.75) is 12.7 Å². The number of hydrogen-bond donors (Lipinski definition) is 2. The number of para-hydroxylation sites is 1. The van der Waals surface area contributed by atoms with Crippen LogP contribution in [0.4, 0.5) is 0 Å². The fourth-order valence-electron chi connectivity index (χ4n) is 3.35. The molecule has 5 heteroatoms. The van der Waals surface area contributed by atoms with Crippen LogP contribution in [0.15, 0.2) is 36.5 Å². The van der Waals surface area contributed by atoms with Gasteiger partial charge >= 0.3 is 0 Å². The highest BCUT2D eigenvalue weighted by atomic mass is 15.5. The molecule has 0 spiro atoms. The van der Waals surface area contributed by atoms with E-state index in [0.29, 0.717) is 6.17 Å². The van der Waals surface area contributed by atoms with Crippen LogP contribution in [0.5, 0.6) is 0 Å². The second-order valence-corrected chi connectivity index (χ2v) is 5.85. The monoisotopic (exact) mass is 283 g/mol. The molecule has 2 aromatic rings. The molecule has 0 amide bonds. The van der Waals surface area contributed by atoms with Crippen LogP contribution >= 0.6 is 0 Å². The molecule has 2 aliphatic heterocycles. The molecule has 1 aromatic carbocycles. The molecule has 21 heavy (non-hydrogen) atoms. The summed E-state index contributed by atoms with van der Waals surface area (Å²) < 4.78 is 0. The quantitative estimate of drug-likeness (QED) is 0.853. The first-order valence-corrected chi connectivity index (χ1v) is 7.67. The van der Waals surface area contributed by atoms with Gasteiger partial charge in [0, 0.05) is 50.9 Å². The number of aromatic nitrogens is 1. The summed E-state index contributed by atoms with van der Waals surface area (Å²) in [4.78, 5) is 9.60. The van der Waals surface area contributed by atoms with Crippen LogP contribution in [0.25, 0.3) is 10.9 Å². The molecule has 0 saturated carbocycles. The van der Waals surface area contributed by atoms with E-state index >= 15 is 0 Å². The first-order chi connectivity index (χ1) is 10.4. The van der Waals surface area contributed by atoms with E-state index in [4.69, 9.17) is 0 Å². The summed E-state index contributed by atoms with van der Waals surface area (Å²) in [5.74, 6) is 0. The molecule has 0 aliphatic carbocycles. The molecule has 1 aromatic heterocycles. The number of pyridine rings is 1. The number of hydrogen-bond acceptors (Lipinski definition) is 5. The fourth-order valence-corrected chi connectivity index (χ4v) is 3.35. The SMILES string of the molecule is c1cnc2c(CN3CCN4CCNNC4C3)cccc2c1. The van der Waals surface area contributed by atoms with E-state index < -0.39 is 0 Å². The Kier molecular flexibility index (Phi) is 3.57. The third kappa shape index (κ3) is 2.65. The molecule has 2 N–H and O–H groups in total. The van der Waals surface area contributed by atoms with Crippen LogP contribution in [0, 0.1) is 0 Å². The molecule has 1 unspecified atom stereocenters. The molecule has 5 nitrogen and oxygen atoms in total. The van der Waals surface area contributed by atoms with Gasteiger partial charge in [-0.25, -0.2) is 5.43 Å². The number of piperazine rings is 1. The predicted molar refractivity (Wildman–Crippen MR) is 83.5 cm³/mol. The van der Waals surface area contributed by atoms with Crippen molar-refractivity contribution < 1.29 is 0 Å². The maximum absolute atomic E-state index is 4.56. The van der Waals surface area contributed by atoms with E-state index in [1.165, 1.54) is 10.9 Å². The van der Waals surface area contributed by atoms with Crippen molar-refractivity contribution in [1.82, 2.24) is 25.6 Å². The van der Waals surface area contributed by atoms with Gasteiger partial charge in [-0.15, -0.1) is 0 Å². The Hall–Kier alpha value is -1.53. The number of nitrogens with zero attached hydrogens (tertiary/aromatic N) is 3. The van der Waals surface area contributed by atoms with Gasteiger partial charge in [-0.3, -0.25) is 20.2 Å². The average molecular weight is 283 g/mol. The molecule has 3 heterocycles. The van der Waals surface area contributed by atoms with Gasteiger partial charge in [-0.2, -0.15) is 0 Å². The minimum absolute atomic E-state index is 0.426. The van der Waals surface area contributed by atoms with Crippen LogP contribution in [-0.2, 0) is 6.54 Å². The number of hydrazine groups is 1. The lowest BCUT2D eigenvalue weighted by Crippen LogP contribution is -2.66. The third-order valence-electron chi connectivity index (χ3n) is 4.48. The Morgan fingerprint density at radius 3 is 3.10 bits per heavy atom. The molecule has 2 aliphatic rings. The van der Waals surface area contributed by atoms with Gasteiger partial charge in [0.05, 0.1) is 11.7 Å². The Balaban J connectivity index is 1.52. The van der Waals surface area contributed by atoms with E-state index in [0.717, 1.165) is 44.8 Å². The van der Waals surface area contributed by atoms with E-state index in [1.807, 2.05) is 12.3 Å². The van der Waals surface area contributed by atoms with Gasteiger partial charge in [0.2, 0.25) is 0 Å². The summed E-state index contributed by atoms with van der Waals surface area (Å²) in [6.07, 6.45) is 2.31. The summed E-state index contributed by atoms with van der Waals surface area (Å²) >= 11 is 0. The second-order valence-electron chi connectivity index (χ2n) is 5.85. The standard InChI is InChI=1S/C16H21N5/c1-3-13-5-2-6-17-16(13)14(4-1)11-20-9-10-21-8-7-18-19-15(21)12-20/h1-6,15,18-19H,7-12H2. The summed E-state index contributed by atoms with van der Waals surface area (Å²) in [6.45, 7) is 6.46. The summed E-state index contributed by atoms with van der Waals surface area (Å²) in [5, 5.41) is 1.23. The third-order valence-corrected chi connectivity index (χ3v) is 4.48. The van der Waals surface area contributed by atoms with Crippen LogP contribution in [0.2, 0.25) is 0 Å². The smallest absolute Gasteiger partial charge is 0.0858 e. The predicted octanol–water partition coefficient (Wildman–Crippen LogP) is 0.786. The van der Waals surface area contributed by atoms with Gasteiger partial charge in [0.25, 0.3) is 0 Å². The number of fused-ring (bicyclic) bond motifs is 2. The largest absolute Gasteiger partial charge is 0.295 e. The Labute approximate surface area is 124 Å². The maximum atomic E-state index is 4.56. The molecule has 1 atom stereocenters. The van der Waals surface area contributed by atoms with Gasteiger partial charge in [-0.05, 0) is 11.6 Å². The minimum atomic E-state index is 0.426. The second kappa shape index (κ2) is 5.69. The molecule has 110 valence electrons. The normalized spacial score (nSPS) is 24.1. The van der Waals surface area contributed by atoms with E-state index in [1.54, 1.807) is 0 Å². The highest BCUT2D eigenvalue weighted by Gasteiger charge is 2.28. The fraction of sp³-hybridized carbons (Fsp3) is 0.438. The summed E-state index contributed by atoms with van der Waals surface area (Å²) in [6, 6.07) is 10.6. The summed E-state index contributed by atoms with van der Waals surface area (Å²) in [7, 11) is 0. The lowest BCUT2D eigenvalue weighted by Gasteiger charge is -2.44. The summed E-state index contributed by atoms with van der Waals surface area (Å²) in [5.41, 5.74) is 9.12. The molecular weight excluding hydrogens is 262 g/mol. The number of benzene rings is 1. The Bertz CT molecular complexity index is 624. The van der Waals surface area contributed by atoms with Gasteiger partial charge in [0.15, 0.2) is 0 Å². The lowest BCUT2D eigenvalue weighted by atomic mass is 10.1. The molecule has 0 bridgehead atoms. The van der Waals surface area contributed by atoms with E-state index in [-0.39, 0.29) is 0 Å². The van der Waals surface area contributed by atoms with Crippen LogP contribution < -0.4 is 10.9 Å². The number of rotatable bonds is 2. The zero-order chi connectivity index (χ0) is 14.1. The highest BCUT2D eigenvalue weighted by Crippen LogP contribution is 2.19. The van der Waals surface area contributed by atoms with Crippen molar-refractivity contribution in [3.05, 3.63) is 42.1 Å². The van der Waals surface area contributed by atoms with Crippen molar-refractivity contribution in [3.63, 3.8) is 0 Å². The van der Waals surface area contributed by atoms with Crippen LogP contribution in [0.1, 0.15) is 5.56 Å². The van der Waals surface area contributed by atoms with Gasteiger partial charge in [-0.1, -0.05) is 24.3 Å². The molecule has 2 fully saturated rings. The molecule has 4 rings (SSSR count). The van der Waals surface area contributed by atoms with Crippen molar-refractivity contribution in [2.24, 2.45) is 0 Å². The van der Waals surface area contributed by atoms with Crippen LogP contribution in [0.3, 0.4) is 0 Å². The van der Waals surface area contributed by atoms with Crippen LogP contribution in [-0.4, -0.2) is 53.7 Å². The Morgan fingerprint density at radius 2 is 2.10 bits per heavy atom. The lowest BCUT2D eigenvalue weighted by molar-refractivity contribution is 0.0224. The van der Waals surface area contributed by atoms with Crippen molar-refractivity contribution in [3.8, 4) is 0 Å². The highest BCUT2D eigenvalue weighted by molar-refractivity contribution is 5.81. The van der Waals surface area contributed by atoms with Crippen molar-refractivity contribution >= 4 is 10.9 Å². The van der Waals surface area contributed by atoms with Crippen molar-refractivity contribution in [1.29, 1.82) is 0 Å². The van der Waals surface area contributed by atoms with E-state index in [2.05, 4.69) is 49.9 Å². The zero-order valence-electron chi connectivity index (χ0n) is 12.1. The molecule has 2 saturated heterocycles. The zero-order valence-corrected chi connectivity index (χ0v) is 12.1. The first-order valence-electron chi connectivity index (χ1n) is 7.67. The first kappa shape index (κ1) is 13.2. The topological polar surface area (TPSA) is 43.4 Å². The number of nitrogens with one attached hydrogen (secondary N) is 2. The van der Waals surface area contributed by atoms with Gasteiger partial charge in [0.1, 0.15) is 0 Å². The molecule has 0 radical (unpaired) electrons. The van der Waals surface area contributed by atoms with Crippen molar-refractivity contribution in [2.75, 3.05) is 32.7 Å². The molecular formula is C16H21N5. The van der Waals surface area contributed by atoms with Gasteiger partial charge < -0.3 is 0 Å². The average Bonchev–Trinajstić information content (AvgIpc) is 2.55. The minimum Gasteiger partial charge on any atom is -0.295 e.